The van der Waals surface area contributed by atoms with Crippen molar-refractivity contribution in [1.82, 2.24) is 9.97 Å². The van der Waals surface area contributed by atoms with Crippen molar-refractivity contribution >= 4 is 21.7 Å². The van der Waals surface area contributed by atoms with Crippen LogP contribution in [0, 0.1) is 125 Å². The summed E-state index contributed by atoms with van der Waals surface area (Å²) in [6.45, 7) is 108. The molecule has 2 nitrogen and oxygen atoms in total. The van der Waals surface area contributed by atoms with E-state index >= 15 is 0 Å². The van der Waals surface area contributed by atoms with Crippen LogP contribution in [0.5, 0.6) is 0 Å². The lowest BCUT2D eigenvalue weighted by molar-refractivity contribution is 1.13. The van der Waals surface area contributed by atoms with Crippen molar-refractivity contribution in [2.45, 2.75) is 360 Å². The molecule has 0 radical (unpaired) electrons. The molecule has 8 aromatic rings. The number of hydrogen-bond donors (Lipinski definition) is 0. The van der Waals surface area contributed by atoms with E-state index < -0.39 is 0 Å². The first-order chi connectivity index (χ1) is 46.3. The third kappa shape index (κ3) is 57.2. The summed E-state index contributed by atoms with van der Waals surface area (Å²) in [6.07, 6.45) is 5.31. The molecule has 2 aromatic heterocycles. The third-order valence-electron chi connectivity index (χ3n) is 13.9. The molecule has 0 saturated heterocycles. The predicted molar refractivity (Wildman–Crippen MR) is 467 cm³/mol. The molecule has 0 spiro atoms. The lowest BCUT2D eigenvalue weighted by Crippen LogP contribution is -1.98. The number of rotatable bonds is 0. The average molecular weight is 1330 g/mol. The van der Waals surface area contributed by atoms with Gasteiger partial charge in [-0.2, -0.15) is 0 Å². The molecule has 2 heteroatoms. The van der Waals surface area contributed by atoms with E-state index in [1.165, 1.54) is 116 Å². The summed E-state index contributed by atoms with van der Waals surface area (Å²) >= 11 is 0. The van der Waals surface area contributed by atoms with Crippen LogP contribution in [-0.4, -0.2) is 9.97 Å². The van der Waals surface area contributed by atoms with E-state index in [2.05, 4.69) is 195 Å². The number of para-hydroxylation sites is 1. The molecule has 2 heterocycles. The number of pyridine rings is 2. The Kier molecular flexibility index (Phi) is 136. The summed E-state index contributed by atoms with van der Waals surface area (Å²) in [5.41, 5.74) is 27.2. The van der Waals surface area contributed by atoms with Gasteiger partial charge in [0.05, 0.1) is 5.52 Å². The second kappa shape index (κ2) is 103. The molecule has 0 aliphatic heterocycles. The molecule has 8 rings (SSSR count). The second-order valence-corrected chi connectivity index (χ2v) is 16.8. The standard InChI is InChI=1S/3C12H18.C10H8.C9H7N.C5H5N.17C2H6/c3*1-7-8(2)10(4)12(6)11(5)9(7)3;1-2-6-10-8-4-3-7-9(10)5-1;1-2-6-9-8(4-1)5-3-7-10-9;1-2-4-6-5-3-1;17*1-2/h3*1-6H3;1-8H;1-7H;1-5H;17*1-2H3. The summed E-state index contributed by atoms with van der Waals surface area (Å²) < 4.78 is 0. The summed E-state index contributed by atoms with van der Waals surface area (Å²) in [5, 5.41) is 3.82. The Morgan fingerprint density at radius 2 is 0.292 bits per heavy atom. The molecule has 0 atom stereocenters. The van der Waals surface area contributed by atoms with Gasteiger partial charge in [-0.25, -0.2) is 0 Å². The van der Waals surface area contributed by atoms with Gasteiger partial charge >= 0.3 is 0 Å². The molecule has 562 valence electrons. The van der Waals surface area contributed by atoms with E-state index in [0.29, 0.717) is 0 Å². The van der Waals surface area contributed by atoms with Gasteiger partial charge in [0.2, 0.25) is 0 Å². The fraction of sp³-hybridized carbons (Fsp3) is 0.553. The minimum Gasteiger partial charge on any atom is -0.265 e. The highest BCUT2D eigenvalue weighted by Gasteiger charge is 2.10. The normalized spacial score (nSPS) is 7.58. The fourth-order valence-electron chi connectivity index (χ4n) is 7.52. The highest BCUT2D eigenvalue weighted by Crippen LogP contribution is 2.27. The Labute approximate surface area is 610 Å². The zero-order chi connectivity index (χ0) is 80.3. The van der Waals surface area contributed by atoms with Crippen LogP contribution >= 0.6 is 0 Å². The number of hydrogen-bond acceptors (Lipinski definition) is 2. The maximum atomic E-state index is 4.18. The first-order valence-corrected chi connectivity index (χ1v) is 39.0. The lowest BCUT2D eigenvalue weighted by Gasteiger charge is -2.15. The number of aromatic nitrogens is 2. The van der Waals surface area contributed by atoms with Crippen LogP contribution < -0.4 is 0 Å². The molecule has 0 unspecified atom stereocenters. The summed E-state index contributed by atoms with van der Waals surface area (Å²) in [4.78, 5) is 7.97. The van der Waals surface area contributed by atoms with Gasteiger partial charge in [-0.15, -0.1) is 0 Å². The van der Waals surface area contributed by atoms with Crippen LogP contribution in [0.3, 0.4) is 0 Å². The first kappa shape index (κ1) is 127. The van der Waals surface area contributed by atoms with Crippen molar-refractivity contribution in [3.8, 4) is 0 Å². The van der Waals surface area contributed by atoms with Gasteiger partial charge in [-0.1, -0.05) is 314 Å². The predicted octanol–water partition coefficient (Wildman–Crippen LogP) is 34.2. The highest BCUT2D eigenvalue weighted by atomic mass is 14.6. The van der Waals surface area contributed by atoms with Crippen LogP contribution in [0.4, 0.5) is 0 Å². The van der Waals surface area contributed by atoms with Crippen molar-refractivity contribution in [3.05, 3.63) is 222 Å². The molecular formula is C94H176N2. The van der Waals surface area contributed by atoms with Crippen molar-refractivity contribution in [1.29, 1.82) is 0 Å². The van der Waals surface area contributed by atoms with E-state index in [0.717, 1.165) is 5.52 Å². The van der Waals surface area contributed by atoms with Crippen LogP contribution in [0.2, 0.25) is 0 Å². The summed E-state index contributed by atoms with van der Waals surface area (Å²) in [6, 6.07) is 34.5. The fourth-order valence-corrected chi connectivity index (χ4v) is 7.52. The van der Waals surface area contributed by atoms with Crippen LogP contribution in [-0.2, 0) is 0 Å². The van der Waals surface area contributed by atoms with Crippen molar-refractivity contribution in [3.63, 3.8) is 0 Å². The molecule has 0 N–H and O–H groups in total. The largest absolute Gasteiger partial charge is 0.265 e. The monoisotopic (exact) mass is 1330 g/mol. The molecule has 0 bridgehead atoms. The van der Waals surface area contributed by atoms with Crippen LogP contribution in [0.25, 0.3) is 21.7 Å². The molecular weight excluding hydrogens is 1160 g/mol. The highest BCUT2D eigenvalue weighted by molar-refractivity contribution is 5.82. The summed E-state index contributed by atoms with van der Waals surface area (Å²) in [7, 11) is 0. The Balaban J connectivity index is -0.0000000581. The van der Waals surface area contributed by atoms with E-state index in [1.807, 2.05) is 284 Å². The number of nitrogens with zero attached hydrogens (tertiary/aromatic N) is 2. The topological polar surface area (TPSA) is 25.8 Å². The molecule has 0 amide bonds. The number of fused-ring (bicyclic) bond motifs is 2. The minimum absolute atomic E-state index is 1.06. The molecule has 96 heavy (non-hydrogen) atoms. The maximum absolute atomic E-state index is 4.18. The van der Waals surface area contributed by atoms with E-state index in [1.54, 1.807) is 12.4 Å². The molecule has 6 aromatic carbocycles. The van der Waals surface area contributed by atoms with Gasteiger partial charge in [0.15, 0.2) is 0 Å². The SMILES string of the molecule is CC.CC.CC.CC.CC.CC.CC.CC.CC.CC.CC.CC.CC.CC.CC.CC.CC.Cc1c(C)c(C)c(C)c(C)c1C.Cc1c(C)c(C)c(C)c(C)c1C.Cc1c(C)c(C)c(C)c(C)c1C.c1ccc2ccccc2c1.c1ccc2ncccc2c1.c1ccncc1. The van der Waals surface area contributed by atoms with Gasteiger partial charge in [-0.3, -0.25) is 9.97 Å². The lowest BCUT2D eigenvalue weighted by atomic mass is 9.90. The molecule has 0 aliphatic rings. The maximum Gasteiger partial charge on any atom is 0.0701 e. The Morgan fingerprint density at radius 1 is 0.146 bits per heavy atom. The Hall–Kier alpha value is -5.86. The first-order valence-electron chi connectivity index (χ1n) is 39.0. The Morgan fingerprint density at radius 3 is 0.427 bits per heavy atom. The Bertz CT molecular complexity index is 2000. The summed E-state index contributed by atoms with van der Waals surface area (Å²) in [5.74, 6) is 0. The van der Waals surface area contributed by atoms with E-state index in [-0.39, 0.29) is 0 Å². The van der Waals surface area contributed by atoms with Gasteiger partial charge in [0.1, 0.15) is 0 Å². The smallest absolute Gasteiger partial charge is 0.0701 e. The molecule has 0 fully saturated rings. The van der Waals surface area contributed by atoms with Crippen molar-refractivity contribution in [2.75, 3.05) is 0 Å². The van der Waals surface area contributed by atoms with E-state index in [4.69, 9.17) is 0 Å². The van der Waals surface area contributed by atoms with Gasteiger partial charge in [0, 0.05) is 24.0 Å². The zero-order valence-corrected chi connectivity index (χ0v) is 75.4. The van der Waals surface area contributed by atoms with Crippen molar-refractivity contribution < 1.29 is 0 Å². The zero-order valence-electron chi connectivity index (χ0n) is 75.4. The van der Waals surface area contributed by atoms with Gasteiger partial charge in [0.25, 0.3) is 0 Å². The van der Waals surface area contributed by atoms with E-state index in [9.17, 15) is 0 Å². The van der Waals surface area contributed by atoms with Gasteiger partial charge < -0.3 is 0 Å². The molecule has 0 saturated carbocycles. The van der Waals surface area contributed by atoms with Crippen LogP contribution in [0.15, 0.2) is 122 Å². The van der Waals surface area contributed by atoms with Crippen molar-refractivity contribution in [2.24, 2.45) is 0 Å². The second-order valence-electron chi connectivity index (χ2n) is 16.8. The average Bonchev–Trinajstić information content (AvgIpc) is 0.843. The van der Waals surface area contributed by atoms with Crippen LogP contribution in [0.1, 0.15) is 336 Å². The number of benzene rings is 6. The third-order valence-corrected chi connectivity index (χ3v) is 13.9. The minimum atomic E-state index is 1.06. The quantitative estimate of drug-likeness (QED) is 0.151. The van der Waals surface area contributed by atoms with Gasteiger partial charge in [-0.05, 0) is 260 Å². The molecule has 0 aliphatic carbocycles.